The Morgan fingerprint density at radius 2 is 2.17 bits per heavy atom. The third-order valence-electron chi connectivity index (χ3n) is 4.36. The number of amides is 1. The highest BCUT2D eigenvalue weighted by Crippen LogP contribution is 2.33. The van der Waals surface area contributed by atoms with Gasteiger partial charge in [0.1, 0.15) is 5.56 Å². The van der Waals surface area contributed by atoms with E-state index in [0.29, 0.717) is 12.2 Å². The molecular weight excluding hydrogens is 361 g/mol. The summed E-state index contributed by atoms with van der Waals surface area (Å²) in [5, 5.41) is 4.03. The lowest BCUT2D eigenvalue weighted by atomic mass is 9.94. The Morgan fingerprint density at radius 3 is 2.83 bits per heavy atom. The van der Waals surface area contributed by atoms with Crippen LogP contribution in [0.15, 0.2) is 28.7 Å². The van der Waals surface area contributed by atoms with Crippen LogP contribution in [0.5, 0.6) is 0 Å². The number of rotatable bonds is 2. The lowest BCUT2D eigenvalue weighted by Crippen LogP contribution is -2.39. The molecule has 0 saturated carbocycles. The monoisotopic (exact) mass is 379 g/mol. The van der Waals surface area contributed by atoms with E-state index in [9.17, 15) is 9.18 Å². The molecule has 6 heteroatoms. The van der Waals surface area contributed by atoms with Crippen molar-refractivity contribution >= 4 is 21.8 Å². The molecule has 2 aromatic rings. The second-order valence-electron chi connectivity index (χ2n) is 5.94. The summed E-state index contributed by atoms with van der Waals surface area (Å²) < 4.78 is 16.4. The summed E-state index contributed by atoms with van der Waals surface area (Å²) in [5.74, 6) is -0.830. The summed E-state index contributed by atoms with van der Waals surface area (Å²) in [6.07, 6.45) is 2.90. The lowest BCUT2D eigenvalue weighted by molar-refractivity contribution is 0.0605. The van der Waals surface area contributed by atoms with Crippen LogP contribution in [0, 0.1) is 12.9 Å². The van der Waals surface area contributed by atoms with E-state index < -0.39 is 5.95 Å². The highest BCUT2D eigenvalue weighted by molar-refractivity contribution is 9.10. The van der Waals surface area contributed by atoms with Gasteiger partial charge in [-0.1, -0.05) is 28.1 Å². The molecule has 1 amide bonds. The van der Waals surface area contributed by atoms with Gasteiger partial charge in [0.15, 0.2) is 0 Å². The summed E-state index contributed by atoms with van der Waals surface area (Å²) in [4.78, 5) is 14.7. The zero-order valence-electron chi connectivity index (χ0n) is 13.2. The Bertz CT molecular complexity index is 743. The van der Waals surface area contributed by atoms with Crippen LogP contribution in [-0.4, -0.2) is 27.1 Å². The van der Waals surface area contributed by atoms with Gasteiger partial charge in [-0.2, -0.15) is 9.49 Å². The summed E-state index contributed by atoms with van der Waals surface area (Å²) >= 11 is 3.48. The molecule has 0 bridgehead atoms. The van der Waals surface area contributed by atoms with Gasteiger partial charge < -0.3 is 4.90 Å². The molecule has 1 saturated heterocycles. The number of piperidine rings is 1. The Balaban J connectivity index is 1.97. The fourth-order valence-electron chi connectivity index (χ4n) is 3.25. The minimum Gasteiger partial charge on any atom is -0.331 e. The van der Waals surface area contributed by atoms with Gasteiger partial charge in [0.2, 0.25) is 5.95 Å². The number of halogens is 2. The van der Waals surface area contributed by atoms with Crippen molar-refractivity contribution in [2.24, 2.45) is 7.05 Å². The fraction of sp³-hybridized carbons (Fsp3) is 0.412. The summed E-state index contributed by atoms with van der Waals surface area (Å²) in [5.41, 5.74) is 1.61. The predicted molar refractivity (Wildman–Crippen MR) is 89.7 cm³/mol. The average molecular weight is 380 g/mol. The van der Waals surface area contributed by atoms with Crippen LogP contribution in [0.4, 0.5) is 4.39 Å². The van der Waals surface area contributed by atoms with Crippen molar-refractivity contribution < 1.29 is 9.18 Å². The topological polar surface area (TPSA) is 38.1 Å². The Hall–Kier alpha value is -1.69. The number of benzene rings is 1. The van der Waals surface area contributed by atoms with Crippen LogP contribution in [0.1, 0.15) is 46.9 Å². The zero-order valence-corrected chi connectivity index (χ0v) is 14.8. The molecule has 1 aliphatic heterocycles. The van der Waals surface area contributed by atoms with Gasteiger partial charge in [-0.25, -0.2) is 4.68 Å². The minimum atomic E-state index is -0.564. The largest absolute Gasteiger partial charge is 0.331 e. The van der Waals surface area contributed by atoms with Gasteiger partial charge in [-0.05, 0) is 43.9 Å². The number of hydrogen-bond donors (Lipinski definition) is 0. The van der Waals surface area contributed by atoms with Crippen LogP contribution < -0.4 is 0 Å². The Kier molecular flexibility index (Phi) is 4.53. The molecule has 1 fully saturated rings. The van der Waals surface area contributed by atoms with Crippen molar-refractivity contribution in [3.63, 3.8) is 0 Å². The third kappa shape index (κ3) is 3.04. The van der Waals surface area contributed by atoms with Crippen LogP contribution in [-0.2, 0) is 7.05 Å². The van der Waals surface area contributed by atoms with Crippen LogP contribution in [0.3, 0.4) is 0 Å². The molecule has 1 aliphatic rings. The number of likely N-dealkylation sites (tertiary alicyclic amines) is 1. The molecule has 122 valence electrons. The van der Waals surface area contributed by atoms with Gasteiger partial charge in [0, 0.05) is 18.1 Å². The highest BCUT2D eigenvalue weighted by Gasteiger charge is 2.32. The van der Waals surface area contributed by atoms with Crippen molar-refractivity contribution in [3.05, 3.63) is 51.5 Å². The first kappa shape index (κ1) is 16.2. The van der Waals surface area contributed by atoms with Crippen LogP contribution in [0.25, 0.3) is 0 Å². The van der Waals surface area contributed by atoms with Crippen molar-refractivity contribution in [2.75, 3.05) is 6.54 Å². The number of carbonyl (C=O) groups excluding carboxylic acids is 1. The Morgan fingerprint density at radius 1 is 1.39 bits per heavy atom. The van der Waals surface area contributed by atoms with Gasteiger partial charge in [-0.15, -0.1) is 0 Å². The zero-order chi connectivity index (χ0) is 16.6. The number of aryl methyl sites for hydroxylation is 2. The fourth-order valence-corrected chi connectivity index (χ4v) is 3.67. The molecule has 2 heterocycles. The molecule has 1 aromatic heterocycles. The summed E-state index contributed by atoms with van der Waals surface area (Å²) in [6.45, 7) is 2.32. The molecule has 3 rings (SSSR count). The van der Waals surface area contributed by atoms with E-state index in [1.807, 2.05) is 24.3 Å². The standard InChI is InChI=1S/C17H19BrFN3O/c1-11-15(16(19)21(2)20-11)17(23)22-9-4-3-8-14(22)12-6-5-7-13(18)10-12/h5-7,10,14H,3-4,8-9H2,1-2H3. The second-order valence-corrected chi connectivity index (χ2v) is 6.86. The van der Waals surface area contributed by atoms with E-state index in [2.05, 4.69) is 21.0 Å². The normalized spacial score (nSPS) is 18.3. The molecule has 0 aliphatic carbocycles. The van der Waals surface area contributed by atoms with Crippen LogP contribution >= 0.6 is 15.9 Å². The quantitative estimate of drug-likeness (QED) is 0.790. The minimum absolute atomic E-state index is 0.0206. The molecule has 0 radical (unpaired) electrons. The molecular formula is C17H19BrFN3O. The lowest BCUT2D eigenvalue weighted by Gasteiger charge is -2.36. The molecule has 1 atom stereocenters. The molecule has 1 unspecified atom stereocenters. The van der Waals surface area contributed by atoms with Crippen molar-refractivity contribution in [1.82, 2.24) is 14.7 Å². The average Bonchev–Trinajstić information content (AvgIpc) is 2.79. The maximum atomic E-state index is 14.3. The Labute approximate surface area is 143 Å². The van der Waals surface area contributed by atoms with Gasteiger partial charge >= 0.3 is 0 Å². The van der Waals surface area contributed by atoms with Gasteiger partial charge in [0.05, 0.1) is 11.7 Å². The van der Waals surface area contributed by atoms with E-state index in [4.69, 9.17) is 0 Å². The number of carbonyl (C=O) groups is 1. The van der Waals surface area contributed by atoms with Gasteiger partial charge in [0.25, 0.3) is 5.91 Å². The predicted octanol–water partition coefficient (Wildman–Crippen LogP) is 4.00. The van der Waals surface area contributed by atoms with Crippen molar-refractivity contribution in [3.8, 4) is 0 Å². The maximum absolute atomic E-state index is 14.3. The molecule has 0 N–H and O–H groups in total. The molecule has 23 heavy (non-hydrogen) atoms. The van der Waals surface area contributed by atoms with E-state index in [0.717, 1.165) is 34.0 Å². The second kappa shape index (κ2) is 6.43. The molecule has 0 spiro atoms. The number of nitrogens with zero attached hydrogens (tertiary/aromatic N) is 3. The van der Waals surface area contributed by atoms with E-state index >= 15 is 0 Å². The van der Waals surface area contributed by atoms with Gasteiger partial charge in [-0.3, -0.25) is 4.79 Å². The maximum Gasteiger partial charge on any atom is 0.260 e. The molecule has 4 nitrogen and oxygen atoms in total. The smallest absolute Gasteiger partial charge is 0.260 e. The first-order valence-electron chi connectivity index (χ1n) is 7.74. The SMILES string of the molecule is Cc1nn(C)c(F)c1C(=O)N1CCCCC1c1cccc(Br)c1. The number of hydrogen-bond acceptors (Lipinski definition) is 2. The van der Waals surface area contributed by atoms with Crippen LogP contribution in [0.2, 0.25) is 0 Å². The van der Waals surface area contributed by atoms with Crippen molar-refractivity contribution in [1.29, 1.82) is 0 Å². The van der Waals surface area contributed by atoms with E-state index in [-0.39, 0.29) is 17.5 Å². The van der Waals surface area contributed by atoms with E-state index in [1.54, 1.807) is 11.8 Å². The molecule has 1 aromatic carbocycles. The highest BCUT2D eigenvalue weighted by atomic mass is 79.9. The number of aromatic nitrogens is 2. The first-order valence-corrected chi connectivity index (χ1v) is 8.54. The summed E-state index contributed by atoms with van der Waals surface area (Å²) in [7, 11) is 1.51. The van der Waals surface area contributed by atoms with E-state index in [1.165, 1.54) is 7.05 Å². The third-order valence-corrected chi connectivity index (χ3v) is 4.86. The summed E-state index contributed by atoms with van der Waals surface area (Å²) in [6, 6.07) is 7.96. The first-order chi connectivity index (χ1) is 11.0. The van der Waals surface area contributed by atoms with Crippen molar-refractivity contribution in [2.45, 2.75) is 32.2 Å².